The maximum atomic E-state index is 13.1. The zero-order valence-electron chi connectivity index (χ0n) is 8.77. The lowest BCUT2D eigenvalue weighted by molar-refractivity contribution is -0.139. The van der Waals surface area contributed by atoms with E-state index in [-0.39, 0.29) is 18.0 Å². The summed E-state index contributed by atoms with van der Waals surface area (Å²) in [6.45, 7) is 0. The summed E-state index contributed by atoms with van der Waals surface area (Å²) in [5.74, 6) is -0.934. The van der Waals surface area contributed by atoms with E-state index in [0.717, 1.165) is 0 Å². The van der Waals surface area contributed by atoms with Crippen molar-refractivity contribution in [2.45, 2.75) is 6.42 Å². The molecule has 0 saturated carbocycles. The molecule has 0 aliphatic rings. The number of halogens is 1. The number of benzene rings is 1. The van der Waals surface area contributed by atoms with Crippen LogP contribution in [-0.2, 0) is 9.53 Å². The summed E-state index contributed by atoms with van der Waals surface area (Å²) in [5.41, 5.74) is 0.608. The van der Waals surface area contributed by atoms with Crippen LogP contribution in [0.1, 0.15) is 22.3 Å². The molecule has 0 N–H and O–H groups in total. The fraction of sp³-hybridized carbons (Fsp3) is 0.167. The van der Waals surface area contributed by atoms with Crippen LogP contribution in [0.15, 0.2) is 24.3 Å². The molecule has 0 unspecified atom stereocenters. The van der Waals surface area contributed by atoms with Crippen molar-refractivity contribution in [3.05, 3.63) is 41.2 Å². The van der Waals surface area contributed by atoms with Gasteiger partial charge in [-0.05, 0) is 17.7 Å². The molecule has 84 valence electrons. The highest BCUT2D eigenvalue weighted by molar-refractivity contribution is 5.76. The molecule has 16 heavy (non-hydrogen) atoms. The van der Waals surface area contributed by atoms with Crippen molar-refractivity contribution in [2.75, 3.05) is 7.11 Å². The van der Waals surface area contributed by atoms with E-state index < -0.39 is 5.82 Å². The van der Waals surface area contributed by atoms with Crippen LogP contribution >= 0.6 is 0 Å². The number of hydrogen-bond donors (Lipinski definition) is 0. The number of ether oxygens (including phenoxy) is 1. The van der Waals surface area contributed by atoms with Crippen molar-refractivity contribution < 1.29 is 18.7 Å². The van der Waals surface area contributed by atoms with Gasteiger partial charge in [-0.25, -0.2) is 4.39 Å². The Hall–Kier alpha value is -1.97. The number of esters is 1. The SMILES string of the molecule is COC(=O)CC=Cc1ccc(C=O)c(F)c1. The van der Waals surface area contributed by atoms with Crippen molar-refractivity contribution in [1.82, 2.24) is 0 Å². The Bertz CT molecular complexity index is 424. The topological polar surface area (TPSA) is 43.4 Å². The third-order valence-corrected chi connectivity index (χ3v) is 1.97. The van der Waals surface area contributed by atoms with Crippen LogP contribution in [0.2, 0.25) is 0 Å². The third-order valence-electron chi connectivity index (χ3n) is 1.97. The quantitative estimate of drug-likeness (QED) is 0.579. The van der Waals surface area contributed by atoms with E-state index in [1.807, 2.05) is 0 Å². The molecule has 0 saturated heterocycles. The average Bonchev–Trinajstić information content (AvgIpc) is 2.29. The van der Waals surface area contributed by atoms with E-state index in [1.165, 1.54) is 19.2 Å². The standard InChI is InChI=1S/C12H11FO3/c1-16-12(15)4-2-3-9-5-6-10(8-14)11(13)7-9/h2-3,5-8H,4H2,1H3. The molecule has 1 rings (SSSR count). The number of hydrogen-bond acceptors (Lipinski definition) is 3. The van der Waals surface area contributed by atoms with Crippen LogP contribution in [-0.4, -0.2) is 19.4 Å². The Balaban J connectivity index is 2.71. The molecule has 0 aliphatic carbocycles. The molecule has 0 bridgehead atoms. The zero-order valence-corrected chi connectivity index (χ0v) is 8.77. The average molecular weight is 222 g/mol. The second-order valence-corrected chi connectivity index (χ2v) is 3.08. The predicted octanol–water partition coefficient (Wildman–Crippen LogP) is 2.21. The lowest BCUT2D eigenvalue weighted by Crippen LogP contribution is -1.96. The fourth-order valence-corrected chi connectivity index (χ4v) is 1.12. The van der Waals surface area contributed by atoms with Crippen molar-refractivity contribution in [2.24, 2.45) is 0 Å². The van der Waals surface area contributed by atoms with E-state index in [0.29, 0.717) is 11.8 Å². The third kappa shape index (κ3) is 3.31. The second-order valence-electron chi connectivity index (χ2n) is 3.08. The summed E-state index contributed by atoms with van der Waals surface area (Å²) in [6.07, 6.45) is 3.75. The second kappa shape index (κ2) is 5.80. The molecule has 0 radical (unpaired) electrons. The van der Waals surface area contributed by atoms with Crippen molar-refractivity contribution in [1.29, 1.82) is 0 Å². The van der Waals surface area contributed by atoms with Gasteiger partial charge in [0.2, 0.25) is 0 Å². The Morgan fingerprint density at radius 3 is 2.81 bits per heavy atom. The molecule has 0 aromatic heterocycles. The molecule has 4 heteroatoms. The zero-order chi connectivity index (χ0) is 12.0. The highest BCUT2D eigenvalue weighted by atomic mass is 19.1. The van der Waals surface area contributed by atoms with Gasteiger partial charge >= 0.3 is 5.97 Å². The normalized spacial score (nSPS) is 10.4. The highest BCUT2D eigenvalue weighted by Gasteiger charge is 2.00. The van der Waals surface area contributed by atoms with Crippen LogP contribution in [0.3, 0.4) is 0 Å². The van der Waals surface area contributed by atoms with E-state index in [4.69, 9.17) is 0 Å². The van der Waals surface area contributed by atoms with Gasteiger partial charge in [0.25, 0.3) is 0 Å². The Morgan fingerprint density at radius 1 is 1.50 bits per heavy atom. The maximum absolute atomic E-state index is 13.1. The van der Waals surface area contributed by atoms with Gasteiger partial charge in [-0.3, -0.25) is 9.59 Å². The van der Waals surface area contributed by atoms with Gasteiger partial charge < -0.3 is 4.74 Å². The first kappa shape index (κ1) is 12.1. The first-order chi connectivity index (χ1) is 7.67. The van der Waals surface area contributed by atoms with Gasteiger partial charge in [0, 0.05) is 0 Å². The number of carbonyl (C=O) groups excluding carboxylic acids is 2. The minimum absolute atomic E-state index is 0.0186. The maximum Gasteiger partial charge on any atom is 0.309 e. The van der Waals surface area contributed by atoms with Gasteiger partial charge in [-0.2, -0.15) is 0 Å². The van der Waals surface area contributed by atoms with Gasteiger partial charge in [0.15, 0.2) is 6.29 Å². The molecule has 0 atom stereocenters. The first-order valence-electron chi connectivity index (χ1n) is 4.65. The summed E-state index contributed by atoms with van der Waals surface area (Å²) in [4.78, 5) is 21.1. The summed E-state index contributed by atoms with van der Waals surface area (Å²) in [7, 11) is 1.30. The summed E-state index contributed by atoms with van der Waals surface area (Å²) in [5, 5.41) is 0. The van der Waals surface area contributed by atoms with Gasteiger partial charge in [0.1, 0.15) is 5.82 Å². The molecule has 0 fully saturated rings. The molecule has 1 aromatic carbocycles. The molecular formula is C12H11FO3. The van der Waals surface area contributed by atoms with Crippen LogP contribution in [0.4, 0.5) is 4.39 Å². The van der Waals surface area contributed by atoms with Crippen LogP contribution < -0.4 is 0 Å². The molecule has 3 nitrogen and oxygen atoms in total. The largest absolute Gasteiger partial charge is 0.469 e. The van der Waals surface area contributed by atoms with Crippen LogP contribution in [0.25, 0.3) is 6.08 Å². The monoisotopic (exact) mass is 222 g/mol. The molecule has 0 amide bonds. The smallest absolute Gasteiger partial charge is 0.309 e. The Kier molecular flexibility index (Phi) is 4.39. The number of carbonyl (C=O) groups is 2. The lowest BCUT2D eigenvalue weighted by atomic mass is 10.1. The van der Waals surface area contributed by atoms with Crippen molar-refractivity contribution in [3.63, 3.8) is 0 Å². The minimum Gasteiger partial charge on any atom is -0.469 e. The van der Waals surface area contributed by atoms with Crippen molar-refractivity contribution in [3.8, 4) is 0 Å². The number of rotatable bonds is 4. The molecule has 0 aliphatic heterocycles. The van der Waals surface area contributed by atoms with Gasteiger partial charge in [-0.1, -0.05) is 18.2 Å². The summed E-state index contributed by atoms with van der Waals surface area (Å²) < 4.78 is 17.6. The van der Waals surface area contributed by atoms with E-state index in [9.17, 15) is 14.0 Å². The van der Waals surface area contributed by atoms with E-state index in [1.54, 1.807) is 18.2 Å². The van der Waals surface area contributed by atoms with E-state index >= 15 is 0 Å². The summed E-state index contributed by atoms with van der Waals surface area (Å²) >= 11 is 0. The molecular weight excluding hydrogens is 211 g/mol. The highest BCUT2D eigenvalue weighted by Crippen LogP contribution is 2.10. The predicted molar refractivity (Wildman–Crippen MR) is 57.5 cm³/mol. The van der Waals surface area contributed by atoms with E-state index in [2.05, 4.69) is 4.74 Å². The fourth-order valence-electron chi connectivity index (χ4n) is 1.12. The Morgan fingerprint density at radius 2 is 2.25 bits per heavy atom. The van der Waals surface area contributed by atoms with Crippen LogP contribution in [0.5, 0.6) is 0 Å². The summed E-state index contributed by atoms with van der Waals surface area (Å²) in [6, 6.07) is 4.22. The van der Waals surface area contributed by atoms with Gasteiger partial charge in [-0.15, -0.1) is 0 Å². The lowest BCUT2D eigenvalue weighted by Gasteiger charge is -1.97. The Labute approximate surface area is 92.5 Å². The number of methoxy groups -OCH3 is 1. The van der Waals surface area contributed by atoms with Crippen LogP contribution in [0, 0.1) is 5.82 Å². The van der Waals surface area contributed by atoms with Gasteiger partial charge in [0.05, 0.1) is 19.1 Å². The first-order valence-corrected chi connectivity index (χ1v) is 4.65. The van der Waals surface area contributed by atoms with Crippen molar-refractivity contribution >= 4 is 18.3 Å². The number of aldehydes is 1. The molecule has 0 spiro atoms. The molecule has 1 aromatic rings. The molecule has 0 heterocycles. The minimum atomic E-state index is -0.574.